The molecule has 0 saturated heterocycles. The number of hydrogen-bond acceptors (Lipinski definition) is 4. The number of hydrogen-bond donors (Lipinski definition) is 2. The molecule has 34 heavy (non-hydrogen) atoms. The van der Waals surface area contributed by atoms with Gasteiger partial charge in [-0.3, -0.25) is 4.79 Å². The van der Waals surface area contributed by atoms with Gasteiger partial charge < -0.3 is 15.8 Å². The Morgan fingerprint density at radius 3 is 2.29 bits per heavy atom. The SMILES string of the molecule is CC[C@H](NC(=O)c1c(OCCCN)c(-c2ccccc2)nc2ccccc12)c1ccccc1.Cl. The number of rotatable bonds is 9. The number of carbonyl (C=O) groups excluding carboxylic acids is 1. The highest BCUT2D eigenvalue weighted by atomic mass is 35.5. The fourth-order valence-corrected chi connectivity index (χ4v) is 3.95. The van der Waals surface area contributed by atoms with Crippen LogP contribution in [0.2, 0.25) is 0 Å². The molecule has 0 aliphatic rings. The third-order valence-corrected chi connectivity index (χ3v) is 5.63. The van der Waals surface area contributed by atoms with Gasteiger partial charge in [0.2, 0.25) is 0 Å². The molecule has 4 rings (SSSR count). The van der Waals surface area contributed by atoms with Gasteiger partial charge in [-0.25, -0.2) is 4.98 Å². The molecule has 0 unspecified atom stereocenters. The summed E-state index contributed by atoms with van der Waals surface area (Å²) in [6, 6.07) is 27.4. The third kappa shape index (κ3) is 5.56. The van der Waals surface area contributed by atoms with Crippen LogP contribution in [-0.4, -0.2) is 24.0 Å². The third-order valence-electron chi connectivity index (χ3n) is 5.63. The van der Waals surface area contributed by atoms with E-state index in [2.05, 4.69) is 12.2 Å². The molecule has 0 fully saturated rings. The summed E-state index contributed by atoms with van der Waals surface area (Å²) < 4.78 is 6.21. The first-order valence-electron chi connectivity index (χ1n) is 11.4. The fraction of sp³-hybridized carbons (Fsp3) is 0.214. The van der Waals surface area contributed by atoms with E-state index < -0.39 is 0 Å². The zero-order chi connectivity index (χ0) is 23.0. The molecule has 1 aromatic heterocycles. The molecule has 1 heterocycles. The van der Waals surface area contributed by atoms with Crippen molar-refractivity contribution in [2.45, 2.75) is 25.8 Å². The topological polar surface area (TPSA) is 77.2 Å². The van der Waals surface area contributed by atoms with Gasteiger partial charge in [0.1, 0.15) is 5.69 Å². The van der Waals surface area contributed by atoms with E-state index in [1.54, 1.807) is 0 Å². The normalized spacial score (nSPS) is 11.5. The molecular formula is C28H30ClN3O2. The average molecular weight is 476 g/mol. The number of nitrogens with two attached hydrogens (primary N) is 1. The predicted molar refractivity (Wildman–Crippen MR) is 141 cm³/mol. The molecule has 6 heteroatoms. The number of aromatic nitrogens is 1. The van der Waals surface area contributed by atoms with E-state index in [9.17, 15) is 4.79 Å². The first-order chi connectivity index (χ1) is 16.2. The van der Waals surface area contributed by atoms with E-state index in [0.29, 0.717) is 36.6 Å². The van der Waals surface area contributed by atoms with E-state index in [4.69, 9.17) is 15.5 Å². The molecule has 1 amide bonds. The largest absolute Gasteiger partial charge is 0.490 e. The number of nitrogens with zero attached hydrogens (tertiary/aromatic N) is 1. The second-order valence-electron chi connectivity index (χ2n) is 7.88. The van der Waals surface area contributed by atoms with Crippen molar-refractivity contribution in [1.29, 1.82) is 0 Å². The monoisotopic (exact) mass is 475 g/mol. The van der Waals surface area contributed by atoms with Crippen molar-refractivity contribution < 1.29 is 9.53 Å². The second-order valence-corrected chi connectivity index (χ2v) is 7.88. The summed E-state index contributed by atoms with van der Waals surface area (Å²) in [5, 5.41) is 3.99. The van der Waals surface area contributed by atoms with Gasteiger partial charge in [-0.15, -0.1) is 12.4 Å². The van der Waals surface area contributed by atoms with Crippen molar-refractivity contribution in [3.63, 3.8) is 0 Å². The zero-order valence-corrected chi connectivity index (χ0v) is 20.1. The first-order valence-corrected chi connectivity index (χ1v) is 11.4. The molecule has 1 atom stereocenters. The molecule has 3 aromatic carbocycles. The van der Waals surface area contributed by atoms with Gasteiger partial charge in [0.25, 0.3) is 5.91 Å². The minimum Gasteiger partial charge on any atom is -0.490 e. The number of benzene rings is 3. The van der Waals surface area contributed by atoms with Crippen LogP contribution in [-0.2, 0) is 0 Å². The lowest BCUT2D eigenvalue weighted by Crippen LogP contribution is -2.29. The summed E-state index contributed by atoms with van der Waals surface area (Å²) >= 11 is 0. The average Bonchev–Trinajstić information content (AvgIpc) is 2.87. The van der Waals surface area contributed by atoms with Crippen LogP contribution in [0, 0.1) is 0 Å². The van der Waals surface area contributed by atoms with Gasteiger partial charge in [-0.05, 0) is 31.0 Å². The van der Waals surface area contributed by atoms with Gasteiger partial charge in [0.05, 0.1) is 23.7 Å². The Hall–Kier alpha value is -3.41. The maximum Gasteiger partial charge on any atom is 0.256 e. The Morgan fingerprint density at radius 1 is 0.971 bits per heavy atom. The Bertz CT molecular complexity index is 1220. The minimum atomic E-state index is -0.177. The van der Waals surface area contributed by atoms with Crippen molar-refractivity contribution in [1.82, 2.24) is 10.3 Å². The Morgan fingerprint density at radius 2 is 1.62 bits per heavy atom. The predicted octanol–water partition coefficient (Wildman–Crippen LogP) is 5.93. The lowest BCUT2D eigenvalue weighted by Gasteiger charge is -2.21. The minimum absolute atomic E-state index is 0. The van der Waals surface area contributed by atoms with Gasteiger partial charge in [-0.1, -0.05) is 85.8 Å². The maximum atomic E-state index is 13.8. The van der Waals surface area contributed by atoms with E-state index >= 15 is 0 Å². The summed E-state index contributed by atoms with van der Waals surface area (Å²) in [5.41, 5.74) is 9.58. The summed E-state index contributed by atoms with van der Waals surface area (Å²) in [6.07, 6.45) is 1.46. The van der Waals surface area contributed by atoms with Crippen LogP contribution in [0.1, 0.15) is 41.7 Å². The molecule has 5 nitrogen and oxygen atoms in total. The van der Waals surface area contributed by atoms with Crippen molar-refractivity contribution in [3.8, 4) is 17.0 Å². The number of amides is 1. The van der Waals surface area contributed by atoms with Crippen LogP contribution in [0.3, 0.4) is 0 Å². The van der Waals surface area contributed by atoms with Crippen LogP contribution in [0.5, 0.6) is 5.75 Å². The number of pyridine rings is 1. The van der Waals surface area contributed by atoms with Crippen molar-refractivity contribution >= 4 is 29.2 Å². The summed E-state index contributed by atoms with van der Waals surface area (Å²) in [6.45, 7) is 2.98. The molecule has 0 aliphatic carbocycles. The second kappa shape index (κ2) is 12.2. The number of fused-ring (bicyclic) bond motifs is 1. The highest BCUT2D eigenvalue weighted by molar-refractivity contribution is 6.10. The number of ether oxygens (including phenoxy) is 1. The Labute approximate surface area is 206 Å². The van der Waals surface area contributed by atoms with Crippen LogP contribution < -0.4 is 15.8 Å². The van der Waals surface area contributed by atoms with Crippen molar-refractivity contribution in [2.75, 3.05) is 13.2 Å². The number of nitrogens with one attached hydrogen (secondary N) is 1. The van der Waals surface area contributed by atoms with Crippen LogP contribution in [0.25, 0.3) is 22.2 Å². The lowest BCUT2D eigenvalue weighted by atomic mass is 10.00. The smallest absolute Gasteiger partial charge is 0.256 e. The molecule has 0 spiro atoms. The molecule has 0 saturated carbocycles. The Kier molecular flexibility index (Phi) is 9.02. The fourth-order valence-electron chi connectivity index (χ4n) is 3.95. The maximum absolute atomic E-state index is 13.8. The van der Waals surface area contributed by atoms with Gasteiger partial charge in [0.15, 0.2) is 5.75 Å². The number of para-hydroxylation sites is 1. The molecular weight excluding hydrogens is 446 g/mol. The standard InChI is InChI=1S/C28H29N3O2.ClH/c1-2-23(20-12-5-3-6-13-20)31-28(32)25-22-16-9-10-17-24(22)30-26(21-14-7-4-8-15-21)27(25)33-19-11-18-29;/h3-10,12-17,23H,2,11,18-19,29H2,1H3,(H,31,32);1H/t23-;/m0./s1. The van der Waals surface area contributed by atoms with Gasteiger partial charge >= 0.3 is 0 Å². The van der Waals surface area contributed by atoms with Crippen LogP contribution in [0.15, 0.2) is 84.9 Å². The molecule has 0 radical (unpaired) electrons. The van der Waals surface area contributed by atoms with Crippen LogP contribution >= 0.6 is 12.4 Å². The summed E-state index contributed by atoms with van der Waals surface area (Å²) in [4.78, 5) is 18.7. The molecule has 0 bridgehead atoms. The molecule has 4 aromatic rings. The quantitative estimate of drug-likeness (QED) is 0.294. The van der Waals surface area contributed by atoms with Gasteiger partial charge in [-0.2, -0.15) is 0 Å². The Balaban J connectivity index is 0.00000324. The van der Waals surface area contributed by atoms with Gasteiger partial charge in [0, 0.05) is 10.9 Å². The summed E-state index contributed by atoms with van der Waals surface area (Å²) in [5.74, 6) is 0.318. The highest BCUT2D eigenvalue weighted by Gasteiger charge is 2.25. The van der Waals surface area contributed by atoms with E-state index in [0.717, 1.165) is 28.5 Å². The summed E-state index contributed by atoms with van der Waals surface area (Å²) in [7, 11) is 0. The van der Waals surface area contributed by atoms with Crippen molar-refractivity contribution in [3.05, 3.63) is 96.1 Å². The number of halogens is 1. The van der Waals surface area contributed by atoms with E-state index in [-0.39, 0.29) is 24.4 Å². The molecule has 3 N–H and O–H groups in total. The zero-order valence-electron chi connectivity index (χ0n) is 19.2. The molecule has 176 valence electrons. The number of carbonyl (C=O) groups is 1. The van der Waals surface area contributed by atoms with Crippen LogP contribution in [0.4, 0.5) is 0 Å². The van der Waals surface area contributed by atoms with E-state index in [1.165, 1.54) is 0 Å². The molecule has 0 aliphatic heterocycles. The highest BCUT2D eigenvalue weighted by Crippen LogP contribution is 2.37. The lowest BCUT2D eigenvalue weighted by molar-refractivity contribution is 0.0933. The van der Waals surface area contributed by atoms with E-state index in [1.807, 2.05) is 84.9 Å². The first kappa shape index (κ1) is 25.2. The van der Waals surface area contributed by atoms with Crippen molar-refractivity contribution in [2.24, 2.45) is 5.73 Å².